The van der Waals surface area contributed by atoms with Crippen molar-refractivity contribution in [3.05, 3.63) is 22.8 Å². The van der Waals surface area contributed by atoms with Gasteiger partial charge in [-0.25, -0.2) is 0 Å². The number of benzene rings is 1. The molecule has 0 aliphatic carbocycles. The molecular weight excluding hydrogens is 190 g/mol. The topological polar surface area (TPSA) is 38.3 Å². The van der Waals surface area contributed by atoms with Crippen LogP contribution in [0.2, 0.25) is 0 Å². The zero-order chi connectivity index (χ0) is 11.4. The number of nitrogens with one attached hydrogen (secondary N) is 1. The van der Waals surface area contributed by atoms with Crippen molar-refractivity contribution in [3.8, 4) is 5.75 Å². The van der Waals surface area contributed by atoms with Gasteiger partial charge in [0.25, 0.3) is 0 Å². The van der Waals surface area contributed by atoms with Crippen molar-refractivity contribution in [2.75, 3.05) is 19.0 Å². The highest BCUT2D eigenvalue weighted by molar-refractivity contribution is 5.65. The second kappa shape index (κ2) is 4.82. The SMILES string of the molecule is COc1c(C)cc(NCC=O)c(C)c1C. The minimum Gasteiger partial charge on any atom is -0.496 e. The van der Waals surface area contributed by atoms with Crippen LogP contribution in [0.1, 0.15) is 16.7 Å². The highest BCUT2D eigenvalue weighted by Crippen LogP contribution is 2.31. The van der Waals surface area contributed by atoms with Gasteiger partial charge in [0.1, 0.15) is 12.0 Å². The summed E-state index contributed by atoms with van der Waals surface area (Å²) >= 11 is 0. The van der Waals surface area contributed by atoms with Crippen LogP contribution in [0.25, 0.3) is 0 Å². The molecular formula is C12H17NO2. The van der Waals surface area contributed by atoms with Gasteiger partial charge >= 0.3 is 0 Å². The molecule has 15 heavy (non-hydrogen) atoms. The molecule has 1 N–H and O–H groups in total. The van der Waals surface area contributed by atoms with Crippen molar-refractivity contribution in [1.29, 1.82) is 0 Å². The standard InChI is InChI=1S/C12H17NO2/c1-8-7-11(13-5-6-14)9(2)10(3)12(8)15-4/h6-7,13H,5H2,1-4H3. The van der Waals surface area contributed by atoms with Gasteiger partial charge in [0.2, 0.25) is 0 Å². The molecule has 0 spiro atoms. The molecule has 0 heterocycles. The number of rotatable bonds is 4. The highest BCUT2D eigenvalue weighted by atomic mass is 16.5. The summed E-state index contributed by atoms with van der Waals surface area (Å²) in [5, 5.41) is 3.07. The number of anilines is 1. The fourth-order valence-electron chi connectivity index (χ4n) is 1.71. The molecule has 0 saturated carbocycles. The maximum atomic E-state index is 10.3. The first kappa shape index (κ1) is 11.6. The molecule has 0 unspecified atom stereocenters. The third-order valence-electron chi connectivity index (χ3n) is 2.61. The van der Waals surface area contributed by atoms with Gasteiger partial charge in [-0.2, -0.15) is 0 Å². The molecule has 0 aliphatic heterocycles. The van der Waals surface area contributed by atoms with E-state index in [0.717, 1.165) is 34.4 Å². The van der Waals surface area contributed by atoms with Crippen molar-refractivity contribution in [3.63, 3.8) is 0 Å². The van der Waals surface area contributed by atoms with Crippen LogP contribution in [-0.4, -0.2) is 19.9 Å². The Labute approximate surface area is 90.4 Å². The van der Waals surface area contributed by atoms with E-state index in [2.05, 4.69) is 5.32 Å². The van der Waals surface area contributed by atoms with Gasteiger partial charge in [-0.3, -0.25) is 0 Å². The van der Waals surface area contributed by atoms with Crippen molar-refractivity contribution >= 4 is 12.0 Å². The average molecular weight is 207 g/mol. The largest absolute Gasteiger partial charge is 0.496 e. The van der Waals surface area contributed by atoms with E-state index in [1.54, 1.807) is 7.11 Å². The summed E-state index contributed by atoms with van der Waals surface area (Å²) in [5.74, 6) is 0.921. The number of ether oxygens (including phenoxy) is 1. The Morgan fingerprint density at radius 2 is 2.00 bits per heavy atom. The van der Waals surface area contributed by atoms with Gasteiger partial charge in [0, 0.05) is 5.69 Å². The fourth-order valence-corrected chi connectivity index (χ4v) is 1.71. The monoisotopic (exact) mass is 207 g/mol. The molecule has 0 fully saturated rings. The van der Waals surface area contributed by atoms with Crippen LogP contribution in [0.3, 0.4) is 0 Å². The van der Waals surface area contributed by atoms with Gasteiger partial charge in [-0.1, -0.05) is 0 Å². The Kier molecular flexibility index (Phi) is 3.72. The van der Waals surface area contributed by atoms with Crippen LogP contribution in [0, 0.1) is 20.8 Å². The molecule has 82 valence electrons. The molecule has 0 bridgehead atoms. The Morgan fingerprint density at radius 3 is 2.53 bits per heavy atom. The second-order valence-electron chi connectivity index (χ2n) is 3.57. The summed E-state index contributed by atoms with van der Waals surface area (Å²) < 4.78 is 5.32. The van der Waals surface area contributed by atoms with Crippen LogP contribution < -0.4 is 10.1 Å². The molecule has 0 saturated heterocycles. The van der Waals surface area contributed by atoms with Crippen LogP contribution in [-0.2, 0) is 4.79 Å². The number of aryl methyl sites for hydroxylation is 1. The summed E-state index contributed by atoms with van der Waals surface area (Å²) in [7, 11) is 1.67. The second-order valence-corrected chi connectivity index (χ2v) is 3.57. The van der Waals surface area contributed by atoms with E-state index >= 15 is 0 Å². The van der Waals surface area contributed by atoms with E-state index in [1.165, 1.54) is 0 Å². The number of carbonyl (C=O) groups excluding carboxylic acids is 1. The van der Waals surface area contributed by atoms with Gasteiger partial charge in [0.05, 0.1) is 13.7 Å². The van der Waals surface area contributed by atoms with E-state index in [-0.39, 0.29) is 0 Å². The van der Waals surface area contributed by atoms with Crippen LogP contribution in [0.4, 0.5) is 5.69 Å². The Hall–Kier alpha value is -1.51. The lowest BCUT2D eigenvalue weighted by Crippen LogP contribution is -2.06. The molecule has 3 heteroatoms. The Balaban J connectivity index is 3.15. The number of aldehydes is 1. The maximum Gasteiger partial charge on any atom is 0.139 e. The molecule has 0 atom stereocenters. The molecule has 3 nitrogen and oxygen atoms in total. The smallest absolute Gasteiger partial charge is 0.139 e. The van der Waals surface area contributed by atoms with Crippen molar-refractivity contribution in [2.24, 2.45) is 0 Å². The van der Waals surface area contributed by atoms with Crippen LogP contribution in [0.15, 0.2) is 6.07 Å². The summed E-state index contributed by atoms with van der Waals surface area (Å²) in [6.45, 7) is 6.38. The fraction of sp³-hybridized carbons (Fsp3) is 0.417. The predicted octanol–water partition coefficient (Wildman–Crippen LogP) is 2.23. The lowest BCUT2D eigenvalue weighted by Gasteiger charge is -2.15. The third kappa shape index (κ3) is 2.29. The Bertz CT molecular complexity index is 372. The molecule has 1 aromatic rings. The quantitative estimate of drug-likeness (QED) is 0.769. The van der Waals surface area contributed by atoms with E-state index in [0.29, 0.717) is 6.54 Å². The minimum absolute atomic E-state index is 0.339. The Morgan fingerprint density at radius 1 is 1.33 bits per heavy atom. The van der Waals surface area contributed by atoms with E-state index < -0.39 is 0 Å². The molecule has 0 radical (unpaired) electrons. The van der Waals surface area contributed by atoms with E-state index in [4.69, 9.17) is 4.74 Å². The van der Waals surface area contributed by atoms with Crippen LogP contribution in [0.5, 0.6) is 5.75 Å². The van der Waals surface area contributed by atoms with E-state index in [9.17, 15) is 4.79 Å². The van der Waals surface area contributed by atoms with Crippen molar-refractivity contribution in [1.82, 2.24) is 0 Å². The maximum absolute atomic E-state index is 10.3. The third-order valence-corrected chi connectivity index (χ3v) is 2.61. The van der Waals surface area contributed by atoms with Gasteiger partial charge in [-0.05, 0) is 43.5 Å². The van der Waals surface area contributed by atoms with Gasteiger partial charge in [0.15, 0.2) is 0 Å². The lowest BCUT2D eigenvalue weighted by molar-refractivity contribution is -0.106. The zero-order valence-electron chi connectivity index (χ0n) is 9.68. The first-order valence-electron chi connectivity index (χ1n) is 4.94. The number of hydrogen-bond acceptors (Lipinski definition) is 3. The summed E-state index contributed by atoms with van der Waals surface area (Å²) in [6.07, 6.45) is 0.855. The first-order chi connectivity index (χ1) is 7.11. The van der Waals surface area contributed by atoms with Gasteiger partial charge < -0.3 is 14.8 Å². The summed E-state index contributed by atoms with van der Waals surface area (Å²) in [6, 6.07) is 2.00. The summed E-state index contributed by atoms with van der Waals surface area (Å²) in [5.41, 5.74) is 4.32. The van der Waals surface area contributed by atoms with Gasteiger partial charge in [-0.15, -0.1) is 0 Å². The van der Waals surface area contributed by atoms with E-state index in [1.807, 2.05) is 26.8 Å². The number of methoxy groups -OCH3 is 1. The number of carbonyl (C=O) groups is 1. The van der Waals surface area contributed by atoms with Crippen LogP contribution >= 0.6 is 0 Å². The molecule has 0 aromatic heterocycles. The van der Waals surface area contributed by atoms with Crippen molar-refractivity contribution < 1.29 is 9.53 Å². The van der Waals surface area contributed by atoms with Crippen molar-refractivity contribution in [2.45, 2.75) is 20.8 Å². The summed E-state index contributed by atoms with van der Waals surface area (Å²) in [4.78, 5) is 10.3. The zero-order valence-corrected chi connectivity index (χ0v) is 9.68. The minimum atomic E-state index is 0.339. The molecule has 1 aromatic carbocycles. The predicted molar refractivity (Wildman–Crippen MR) is 61.8 cm³/mol. The highest BCUT2D eigenvalue weighted by Gasteiger charge is 2.09. The normalized spacial score (nSPS) is 9.87. The molecule has 0 amide bonds. The molecule has 0 aliphatic rings. The lowest BCUT2D eigenvalue weighted by atomic mass is 10.0. The average Bonchev–Trinajstić information content (AvgIpc) is 2.22. The molecule has 1 rings (SSSR count). The number of hydrogen-bond donors (Lipinski definition) is 1. The first-order valence-corrected chi connectivity index (χ1v) is 4.94.